The smallest absolute Gasteiger partial charge is 0.416 e. The first-order valence-corrected chi connectivity index (χ1v) is 13.7. The van der Waals surface area contributed by atoms with Crippen molar-refractivity contribution in [1.82, 2.24) is 0 Å². The molecule has 3 aromatic rings. The van der Waals surface area contributed by atoms with E-state index in [1.807, 2.05) is 0 Å². The van der Waals surface area contributed by atoms with Gasteiger partial charge < -0.3 is 14.6 Å². The van der Waals surface area contributed by atoms with Gasteiger partial charge in [0.15, 0.2) is 0 Å². The average molecular weight is 602 g/mol. The van der Waals surface area contributed by atoms with Gasteiger partial charge in [0, 0.05) is 12.0 Å². The first kappa shape index (κ1) is 28.6. The number of sulfonamides is 1. The molecule has 3 aromatic carbocycles. The van der Waals surface area contributed by atoms with Crippen molar-refractivity contribution >= 4 is 21.7 Å². The van der Waals surface area contributed by atoms with Crippen molar-refractivity contribution in [2.45, 2.75) is 36.6 Å². The summed E-state index contributed by atoms with van der Waals surface area (Å²) < 4.78 is 119. The second-order valence-electron chi connectivity index (χ2n) is 9.64. The zero-order chi connectivity index (χ0) is 29.7. The number of alkyl halides is 5. The summed E-state index contributed by atoms with van der Waals surface area (Å²) in [5.41, 5.74) is -1.08. The van der Waals surface area contributed by atoms with Crippen LogP contribution in [0.3, 0.4) is 0 Å². The van der Waals surface area contributed by atoms with Gasteiger partial charge in [-0.1, -0.05) is 12.1 Å². The summed E-state index contributed by atoms with van der Waals surface area (Å²) in [6.45, 7) is -3.64. The molecule has 0 amide bonds. The van der Waals surface area contributed by atoms with Gasteiger partial charge in [0.25, 0.3) is 10.0 Å². The van der Waals surface area contributed by atoms with Gasteiger partial charge in [-0.05, 0) is 66.4 Å². The largest absolute Gasteiger partial charge is 0.486 e. The second kappa shape index (κ2) is 10.5. The molecule has 1 aliphatic carbocycles. The molecule has 1 aliphatic heterocycles. The van der Waals surface area contributed by atoms with Crippen LogP contribution >= 0.6 is 0 Å². The fourth-order valence-electron chi connectivity index (χ4n) is 5.04. The fourth-order valence-corrected chi connectivity index (χ4v) is 6.57. The Morgan fingerprint density at radius 2 is 1.78 bits per heavy atom. The molecule has 0 bridgehead atoms. The molecule has 41 heavy (non-hydrogen) atoms. The highest BCUT2D eigenvalue weighted by atomic mass is 32.2. The molecule has 1 saturated carbocycles. The molecular formula is C27H21F6NO6S. The number of ether oxygens (including phenoxy) is 2. The zero-order valence-electron chi connectivity index (χ0n) is 20.8. The van der Waals surface area contributed by atoms with Crippen LogP contribution in [-0.4, -0.2) is 38.8 Å². The standard InChI is InChI=1S/C27H21F6NO6S/c28-17-8-15(9-18(12-17)39-26(29)30)14-4-7-23-22(10-14)34(13-24(40-23)20-5-6-21(20)25(35)36)41(37,38)19-3-1-2-16(11-19)27(31,32)33/h1-4,7-12,20-21,24,26H,5-6,13H2,(H,35,36)/t20-,21-,24+/m0/s1. The number of carbonyl (C=O) groups is 1. The summed E-state index contributed by atoms with van der Waals surface area (Å²) >= 11 is 0. The minimum atomic E-state index is -4.82. The second-order valence-corrected chi connectivity index (χ2v) is 11.5. The SMILES string of the molecule is O=C(O)[C@H]1CC[C@@H]1[C@H]1CN(S(=O)(=O)c2cccc(C(F)(F)F)c2)c2cc(-c3cc(F)cc(OC(F)F)c3)ccc2O1. The molecule has 218 valence electrons. The van der Waals surface area contributed by atoms with Crippen molar-refractivity contribution in [3.8, 4) is 22.6 Å². The Morgan fingerprint density at radius 3 is 2.41 bits per heavy atom. The number of carboxylic acid groups (broad SMARTS) is 1. The maximum Gasteiger partial charge on any atom is 0.416 e. The lowest BCUT2D eigenvalue weighted by Crippen LogP contribution is -2.52. The summed E-state index contributed by atoms with van der Waals surface area (Å²) in [6, 6.07) is 10.1. The highest BCUT2D eigenvalue weighted by molar-refractivity contribution is 7.92. The van der Waals surface area contributed by atoms with Crippen LogP contribution in [0.5, 0.6) is 11.5 Å². The van der Waals surface area contributed by atoms with Gasteiger partial charge in [0.1, 0.15) is 23.4 Å². The Hall–Kier alpha value is -3.94. The molecule has 0 unspecified atom stereocenters. The molecule has 1 N–H and O–H groups in total. The number of anilines is 1. The molecule has 7 nitrogen and oxygen atoms in total. The van der Waals surface area contributed by atoms with E-state index in [9.17, 15) is 44.7 Å². The molecule has 3 atom stereocenters. The Bertz CT molecular complexity index is 1600. The predicted molar refractivity (Wildman–Crippen MR) is 133 cm³/mol. The maximum absolute atomic E-state index is 14.2. The number of halogens is 6. The van der Waals surface area contributed by atoms with E-state index in [0.29, 0.717) is 18.9 Å². The van der Waals surface area contributed by atoms with Crippen molar-refractivity contribution < 1.29 is 54.1 Å². The van der Waals surface area contributed by atoms with Crippen LogP contribution in [-0.2, 0) is 21.0 Å². The van der Waals surface area contributed by atoms with E-state index in [1.54, 1.807) is 0 Å². The van der Waals surface area contributed by atoms with Crippen LogP contribution in [0.25, 0.3) is 11.1 Å². The number of carboxylic acids is 1. The van der Waals surface area contributed by atoms with Gasteiger partial charge in [0.05, 0.1) is 28.6 Å². The summed E-state index contributed by atoms with van der Waals surface area (Å²) in [4.78, 5) is 11.0. The third-order valence-electron chi connectivity index (χ3n) is 7.15. The molecule has 5 rings (SSSR count). The van der Waals surface area contributed by atoms with Gasteiger partial charge in [-0.2, -0.15) is 22.0 Å². The number of rotatable bonds is 7. The van der Waals surface area contributed by atoms with Crippen molar-refractivity contribution in [2.75, 3.05) is 10.8 Å². The molecule has 0 radical (unpaired) electrons. The molecule has 2 aliphatic rings. The van der Waals surface area contributed by atoms with Crippen LogP contribution in [0.4, 0.5) is 32.0 Å². The lowest BCUT2D eigenvalue weighted by Gasteiger charge is -2.44. The maximum atomic E-state index is 14.2. The minimum absolute atomic E-state index is 0.00273. The van der Waals surface area contributed by atoms with Crippen molar-refractivity contribution in [2.24, 2.45) is 11.8 Å². The Kier molecular flexibility index (Phi) is 7.30. The van der Waals surface area contributed by atoms with Gasteiger partial charge in [-0.15, -0.1) is 0 Å². The predicted octanol–water partition coefficient (Wildman–Crippen LogP) is 6.18. The number of hydrogen-bond acceptors (Lipinski definition) is 5. The summed E-state index contributed by atoms with van der Waals surface area (Å²) in [5.74, 6) is -3.83. The van der Waals surface area contributed by atoms with E-state index >= 15 is 0 Å². The molecule has 0 saturated heterocycles. The van der Waals surface area contributed by atoms with Gasteiger partial charge in [-0.3, -0.25) is 9.10 Å². The van der Waals surface area contributed by atoms with Crippen LogP contribution < -0.4 is 13.8 Å². The fraction of sp³-hybridized carbons (Fsp3) is 0.296. The van der Waals surface area contributed by atoms with Crippen LogP contribution in [0, 0.1) is 17.7 Å². The van der Waals surface area contributed by atoms with Crippen molar-refractivity contribution in [3.05, 3.63) is 72.0 Å². The molecule has 1 fully saturated rings. The number of hydrogen-bond donors (Lipinski definition) is 1. The number of aliphatic carboxylic acids is 1. The Balaban J connectivity index is 1.61. The summed E-state index contributed by atoms with van der Waals surface area (Å²) in [5, 5.41) is 9.52. The van der Waals surface area contributed by atoms with Crippen molar-refractivity contribution in [1.29, 1.82) is 0 Å². The third-order valence-corrected chi connectivity index (χ3v) is 8.93. The number of benzene rings is 3. The van der Waals surface area contributed by atoms with Gasteiger partial charge in [-0.25, -0.2) is 12.8 Å². The third kappa shape index (κ3) is 5.65. The molecular weight excluding hydrogens is 580 g/mol. The monoisotopic (exact) mass is 601 g/mol. The molecule has 0 spiro atoms. The quantitative estimate of drug-likeness (QED) is 0.325. The van der Waals surface area contributed by atoms with Crippen molar-refractivity contribution in [3.63, 3.8) is 0 Å². The molecule has 0 aromatic heterocycles. The topological polar surface area (TPSA) is 93.1 Å². The summed E-state index contributed by atoms with van der Waals surface area (Å²) in [6.07, 6.45) is -4.96. The lowest BCUT2D eigenvalue weighted by molar-refractivity contribution is -0.150. The van der Waals surface area contributed by atoms with E-state index in [0.717, 1.165) is 40.7 Å². The average Bonchev–Trinajstić information content (AvgIpc) is 2.85. The van der Waals surface area contributed by atoms with Gasteiger partial charge in [0.2, 0.25) is 0 Å². The first-order valence-electron chi connectivity index (χ1n) is 12.2. The highest BCUT2D eigenvalue weighted by Crippen LogP contribution is 2.46. The normalized spacial score (nSPS) is 20.7. The zero-order valence-corrected chi connectivity index (χ0v) is 21.6. The van der Waals surface area contributed by atoms with E-state index in [-0.39, 0.29) is 22.6 Å². The number of nitrogens with zero attached hydrogens (tertiary/aromatic N) is 1. The van der Waals surface area contributed by atoms with Crippen LogP contribution in [0.1, 0.15) is 18.4 Å². The van der Waals surface area contributed by atoms with Crippen LogP contribution in [0.15, 0.2) is 65.6 Å². The molecule has 14 heteroatoms. The summed E-state index contributed by atoms with van der Waals surface area (Å²) in [7, 11) is -4.67. The van der Waals surface area contributed by atoms with E-state index in [2.05, 4.69) is 4.74 Å². The van der Waals surface area contributed by atoms with Gasteiger partial charge >= 0.3 is 18.8 Å². The van der Waals surface area contributed by atoms with E-state index < -0.39 is 75.3 Å². The van der Waals surface area contributed by atoms with Crippen LogP contribution in [0.2, 0.25) is 0 Å². The Labute approximate surface area is 230 Å². The lowest BCUT2D eigenvalue weighted by atomic mass is 9.70. The Morgan fingerprint density at radius 1 is 1.02 bits per heavy atom. The van der Waals surface area contributed by atoms with E-state index in [4.69, 9.17) is 4.74 Å². The molecule has 1 heterocycles. The van der Waals surface area contributed by atoms with E-state index in [1.165, 1.54) is 18.2 Å². The first-order chi connectivity index (χ1) is 19.2. The minimum Gasteiger partial charge on any atom is -0.486 e. The highest BCUT2D eigenvalue weighted by Gasteiger charge is 2.47. The number of fused-ring (bicyclic) bond motifs is 1.